The number of aliphatic carboxylic acids is 1. The van der Waals surface area contributed by atoms with Crippen LogP contribution in [0.3, 0.4) is 0 Å². The molecule has 0 radical (unpaired) electrons. The van der Waals surface area contributed by atoms with Crippen molar-refractivity contribution in [3.63, 3.8) is 0 Å². The Balaban J connectivity index is 2.59. The molecule has 2 amide bonds. The second-order valence-electron chi connectivity index (χ2n) is 4.89. The fourth-order valence-corrected chi connectivity index (χ4v) is 1.66. The predicted molar refractivity (Wildman–Crippen MR) is 69.5 cm³/mol. The van der Waals surface area contributed by atoms with Crippen LogP contribution in [-0.2, 0) is 18.4 Å². The van der Waals surface area contributed by atoms with E-state index < -0.39 is 18.0 Å². The number of nitrogens with one attached hydrogen (secondary N) is 1. The molecule has 0 spiro atoms. The fourth-order valence-electron chi connectivity index (χ4n) is 1.66. The molecule has 1 aromatic heterocycles. The van der Waals surface area contributed by atoms with Crippen LogP contribution in [0, 0.1) is 5.92 Å². The Hall–Kier alpha value is -2.05. The molecule has 0 aliphatic rings. The minimum absolute atomic E-state index is 0.173. The lowest BCUT2D eigenvalue weighted by molar-refractivity contribution is -0.140. The summed E-state index contributed by atoms with van der Waals surface area (Å²) in [6.45, 7) is 3.88. The minimum atomic E-state index is -1.03. The second kappa shape index (κ2) is 6.21. The van der Waals surface area contributed by atoms with Crippen LogP contribution in [0.5, 0.6) is 0 Å². The van der Waals surface area contributed by atoms with Gasteiger partial charge in [-0.3, -0.25) is 4.68 Å². The van der Waals surface area contributed by atoms with Crippen molar-refractivity contribution in [3.05, 3.63) is 18.0 Å². The van der Waals surface area contributed by atoms with Crippen LogP contribution in [0.2, 0.25) is 0 Å². The first-order valence-corrected chi connectivity index (χ1v) is 6.03. The quantitative estimate of drug-likeness (QED) is 0.821. The van der Waals surface area contributed by atoms with Crippen LogP contribution in [0.15, 0.2) is 12.4 Å². The number of nitrogens with zero attached hydrogens (tertiary/aromatic N) is 3. The smallest absolute Gasteiger partial charge is 0.326 e. The molecule has 7 nitrogen and oxygen atoms in total. The van der Waals surface area contributed by atoms with Crippen LogP contribution in [0.4, 0.5) is 4.79 Å². The van der Waals surface area contributed by atoms with Gasteiger partial charge in [0.05, 0.1) is 12.7 Å². The van der Waals surface area contributed by atoms with Crippen molar-refractivity contribution in [2.75, 3.05) is 7.05 Å². The first-order chi connectivity index (χ1) is 8.81. The maximum Gasteiger partial charge on any atom is 0.326 e. The van der Waals surface area contributed by atoms with Gasteiger partial charge in [-0.2, -0.15) is 5.10 Å². The Morgan fingerprint density at radius 3 is 2.58 bits per heavy atom. The van der Waals surface area contributed by atoms with Gasteiger partial charge in [0.1, 0.15) is 6.04 Å². The molecule has 0 bridgehead atoms. The average Bonchev–Trinajstić information content (AvgIpc) is 2.70. The number of aryl methyl sites for hydroxylation is 1. The molecule has 1 rings (SSSR count). The number of hydrogen-bond acceptors (Lipinski definition) is 3. The van der Waals surface area contributed by atoms with Crippen molar-refractivity contribution in [2.45, 2.75) is 26.4 Å². The van der Waals surface area contributed by atoms with Crippen molar-refractivity contribution in [3.8, 4) is 0 Å². The van der Waals surface area contributed by atoms with Crippen molar-refractivity contribution >= 4 is 12.0 Å². The summed E-state index contributed by atoms with van der Waals surface area (Å²) in [5.74, 6) is -1.20. The summed E-state index contributed by atoms with van der Waals surface area (Å²) >= 11 is 0. The highest BCUT2D eigenvalue weighted by Crippen LogP contribution is 2.05. The zero-order valence-corrected chi connectivity index (χ0v) is 11.6. The summed E-state index contributed by atoms with van der Waals surface area (Å²) in [4.78, 5) is 24.3. The van der Waals surface area contributed by atoms with E-state index in [2.05, 4.69) is 10.4 Å². The summed E-state index contributed by atoms with van der Waals surface area (Å²) in [7, 11) is 3.41. The highest BCUT2D eigenvalue weighted by atomic mass is 16.4. The number of carboxylic acids is 1. The van der Waals surface area contributed by atoms with E-state index in [1.54, 1.807) is 45.0 Å². The number of amides is 2. The summed E-state index contributed by atoms with van der Waals surface area (Å²) in [6.07, 6.45) is 3.47. The highest BCUT2D eigenvalue weighted by molar-refractivity contribution is 5.82. The molecule has 1 heterocycles. The standard InChI is InChI=1S/C12H20N4O3/c1-8(2)10(11(17)18)14-12(19)15(3)6-9-5-13-16(4)7-9/h5,7-8,10H,6H2,1-4H3,(H,14,19)(H,17,18)/t10-/m1/s1. The molecule has 0 unspecified atom stereocenters. The number of urea groups is 1. The Bertz CT molecular complexity index is 456. The van der Waals surface area contributed by atoms with Gasteiger partial charge in [-0.05, 0) is 5.92 Å². The molecular formula is C12H20N4O3. The highest BCUT2D eigenvalue weighted by Gasteiger charge is 2.24. The number of carboxylic acid groups (broad SMARTS) is 1. The number of rotatable bonds is 5. The largest absolute Gasteiger partial charge is 0.480 e. The summed E-state index contributed by atoms with van der Waals surface area (Å²) in [5, 5.41) is 15.5. The molecule has 7 heteroatoms. The van der Waals surface area contributed by atoms with E-state index >= 15 is 0 Å². The zero-order valence-electron chi connectivity index (χ0n) is 11.6. The lowest BCUT2D eigenvalue weighted by Crippen LogP contribution is -2.48. The molecule has 0 aromatic carbocycles. The summed E-state index contributed by atoms with van der Waals surface area (Å²) in [5.41, 5.74) is 0.886. The fraction of sp³-hybridized carbons (Fsp3) is 0.583. The van der Waals surface area contributed by atoms with Crippen LogP contribution in [0.25, 0.3) is 0 Å². The lowest BCUT2D eigenvalue weighted by Gasteiger charge is -2.22. The van der Waals surface area contributed by atoms with Gasteiger partial charge >= 0.3 is 12.0 Å². The second-order valence-corrected chi connectivity index (χ2v) is 4.89. The van der Waals surface area contributed by atoms with Gasteiger partial charge in [0, 0.05) is 25.9 Å². The molecular weight excluding hydrogens is 248 g/mol. The predicted octanol–water partition coefficient (Wildman–Crippen LogP) is 0.671. The number of aromatic nitrogens is 2. The monoisotopic (exact) mass is 268 g/mol. The van der Waals surface area contributed by atoms with Crippen LogP contribution in [-0.4, -0.2) is 44.9 Å². The third-order valence-electron chi connectivity index (χ3n) is 2.74. The summed E-state index contributed by atoms with van der Waals surface area (Å²) in [6, 6.07) is -1.30. The maximum absolute atomic E-state index is 11.9. The van der Waals surface area contributed by atoms with E-state index in [-0.39, 0.29) is 5.92 Å². The van der Waals surface area contributed by atoms with Gasteiger partial charge in [-0.1, -0.05) is 13.8 Å². The third-order valence-corrected chi connectivity index (χ3v) is 2.74. The zero-order chi connectivity index (χ0) is 14.6. The van der Waals surface area contributed by atoms with Crippen LogP contribution >= 0.6 is 0 Å². The normalized spacial score (nSPS) is 12.3. The Kier molecular flexibility index (Phi) is 4.91. The first kappa shape index (κ1) is 15.0. The first-order valence-electron chi connectivity index (χ1n) is 6.03. The molecule has 106 valence electrons. The van der Waals surface area contributed by atoms with Gasteiger partial charge in [0.25, 0.3) is 0 Å². The van der Waals surface area contributed by atoms with Crippen LogP contribution in [0.1, 0.15) is 19.4 Å². The third kappa shape index (κ3) is 4.27. The van der Waals surface area contributed by atoms with Gasteiger partial charge in [0.2, 0.25) is 0 Å². The molecule has 0 aliphatic heterocycles. The van der Waals surface area contributed by atoms with Crippen molar-refractivity contribution in [1.82, 2.24) is 20.0 Å². The molecule has 0 saturated carbocycles. The minimum Gasteiger partial charge on any atom is -0.480 e. The van der Waals surface area contributed by atoms with E-state index in [9.17, 15) is 9.59 Å². The van der Waals surface area contributed by atoms with Crippen LogP contribution < -0.4 is 5.32 Å². The van der Waals surface area contributed by atoms with Crippen molar-refractivity contribution in [2.24, 2.45) is 13.0 Å². The molecule has 1 aromatic rings. The van der Waals surface area contributed by atoms with E-state index in [0.29, 0.717) is 6.54 Å². The molecule has 0 fully saturated rings. The molecule has 1 atom stereocenters. The number of carbonyl (C=O) groups excluding carboxylic acids is 1. The van der Waals surface area contributed by atoms with Crippen molar-refractivity contribution < 1.29 is 14.7 Å². The number of carbonyl (C=O) groups is 2. The van der Waals surface area contributed by atoms with E-state index in [0.717, 1.165) is 5.56 Å². The molecule has 2 N–H and O–H groups in total. The molecule has 19 heavy (non-hydrogen) atoms. The van der Waals surface area contributed by atoms with Gasteiger partial charge in [0.15, 0.2) is 0 Å². The topological polar surface area (TPSA) is 87.5 Å². The van der Waals surface area contributed by atoms with E-state index in [1.165, 1.54) is 4.90 Å². The molecule has 0 saturated heterocycles. The maximum atomic E-state index is 11.9. The number of hydrogen-bond donors (Lipinski definition) is 2. The lowest BCUT2D eigenvalue weighted by atomic mass is 10.1. The summed E-state index contributed by atoms with van der Waals surface area (Å²) < 4.78 is 1.65. The van der Waals surface area contributed by atoms with E-state index in [1.807, 2.05) is 0 Å². The average molecular weight is 268 g/mol. The van der Waals surface area contributed by atoms with E-state index in [4.69, 9.17) is 5.11 Å². The Morgan fingerprint density at radius 2 is 2.16 bits per heavy atom. The SMILES string of the molecule is CC(C)[C@@H](NC(=O)N(C)Cc1cnn(C)c1)C(=O)O. The Morgan fingerprint density at radius 1 is 1.53 bits per heavy atom. The van der Waals surface area contributed by atoms with Gasteiger partial charge in [-0.25, -0.2) is 9.59 Å². The molecule has 0 aliphatic carbocycles. The van der Waals surface area contributed by atoms with Gasteiger partial charge in [-0.15, -0.1) is 0 Å². The van der Waals surface area contributed by atoms with Gasteiger partial charge < -0.3 is 15.3 Å². The van der Waals surface area contributed by atoms with Crippen molar-refractivity contribution in [1.29, 1.82) is 0 Å². The Labute approximate surface area is 112 Å².